The van der Waals surface area contributed by atoms with Gasteiger partial charge in [-0.25, -0.2) is 0 Å². The molecule has 2 heterocycles. The first-order chi connectivity index (χ1) is 10.3. The van der Waals surface area contributed by atoms with Crippen LogP contribution in [0.1, 0.15) is 22.4 Å². The second kappa shape index (κ2) is 6.76. The van der Waals surface area contributed by atoms with Crippen molar-refractivity contribution < 1.29 is 9.53 Å². The van der Waals surface area contributed by atoms with Gasteiger partial charge in [-0.05, 0) is 41.5 Å². The van der Waals surface area contributed by atoms with Crippen LogP contribution in [0.25, 0.3) is 0 Å². The molecule has 0 aliphatic carbocycles. The Labute approximate surface area is 129 Å². The Morgan fingerprint density at radius 2 is 2.24 bits per heavy atom. The molecule has 0 radical (unpaired) electrons. The van der Waals surface area contributed by atoms with E-state index in [9.17, 15) is 4.79 Å². The molecule has 0 bridgehead atoms. The molecule has 0 atom stereocenters. The van der Waals surface area contributed by atoms with E-state index >= 15 is 0 Å². The highest BCUT2D eigenvalue weighted by Crippen LogP contribution is 2.25. The van der Waals surface area contributed by atoms with Crippen LogP contribution in [-0.2, 0) is 24.1 Å². The Morgan fingerprint density at radius 3 is 3.10 bits per heavy atom. The minimum absolute atomic E-state index is 0.132. The van der Waals surface area contributed by atoms with E-state index in [1.54, 1.807) is 11.3 Å². The molecule has 1 aromatic heterocycles. The number of thiophene rings is 1. The van der Waals surface area contributed by atoms with E-state index in [2.05, 4.69) is 23.5 Å². The van der Waals surface area contributed by atoms with Crippen molar-refractivity contribution in [1.29, 1.82) is 0 Å². The van der Waals surface area contributed by atoms with Gasteiger partial charge in [0.05, 0.1) is 6.61 Å². The predicted molar refractivity (Wildman–Crippen MR) is 85.0 cm³/mol. The fourth-order valence-corrected chi connectivity index (χ4v) is 3.23. The molecule has 110 valence electrons. The lowest BCUT2D eigenvalue weighted by molar-refractivity contribution is -0.121. The number of benzene rings is 1. The summed E-state index contributed by atoms with van der Waals surface area (Å²) in [5.41, 5.74) is 2.55. The first kappa shape index (κ1) is 14.1. The Balaban J connectivity index is 1.40. The average molecular weight is 301 g/mol. The van der Waals surface area contributed by atoms with Gasteiger partial charge in [0.25, 0.3) is 0 Å². The van der Waals surface area contributed by atoms with Crippen molar-refractivity contribution in [2.24, 2.45) is 0 Å². The van der Waals surface area contributed by atoms with Crippen molar-refractivity contribution in [2.75, 3.05) is 13.2 Å². The number of carbonyl (C=O) groups excluding carboxylic acids is 1. The Hall–Kier alpha value is -1.81. The molecule has 1 aromatic carbocycles. The maximum atomic E-state index is 11.8. The fraction of sp³-hybridized carbons (Fsp3) is 0.353. The van der Waals surface area contributed by atoms with Crippen molar-refractivity contribution >= 4 is 17.2 Å². The van der Waals surface area contributed by atoms with Crippen LogP contribution in [0.5, 0.6) is 5.75 Å². The zero-order valence-corrected chi connectivity index (χ0v) is 12.7. The summed E-state index contributed by atoms with van der Waals surface area (Å²) in [5, 5.41) is 5.04. The smallest absolute Gasteiger partial charge is 0.220 e. The third-order valence-corrected chi connectivity index (χ3v) is 4.60. The average Bonchev–Trinajstić information content (AvgIpc) is 3.16. The summed E-state index contributed by atoms with van der Waals surface area (Å²) < 4.78 is 5.49. The molecule has 4 heteroatoms. The van der Waals surface area contributed by atoms with Crippen molar-refractivity contribution in [2.45, 2.75) is 25.7 Å². The van der Waals surface area contributed by atoms with Gasteiger partial charge >= 0.3 is 0 Å². The molecule has 0 fully saturated rings. The number of rotatable bonds is 6. The molecule has 3 nitrogen and oxygen atoms in total. The predicted octanol–water partition coefficient (Wildman–Crippen LogP) is 2.97. The molecule has 3 rings (SSSR count). The summed E-state index contributed by atoms with van der Waals surface area (Å²) in [6.07, 6.45) is 3.27. The standard InChI is InChI=1S/C17H19NO2S/c19-17(6-4-15-2-1-11-21-15)18-9-7-13-3-5-16-14(12-13)8-10-20-16/h1-3,5,11-12H,4,6-10H2,(H,18,19). The first-order valence-corrected chi connectivity index (χ1v) is 8.23. The van der Waals surface area contributed by atoms with E-state index < -0.39 is 0 Å². The zero-order chi connectivity index (χ0) is 14.5. The highest BCUT2D eigenvalue weighted by atomic mass is 32.1. The van der Waals surface area contributed by atoms with Crippen LogP contribution in [0.4, 0.5) is 0 Å². The molecule has 1 N–H and O–H groups in total. The number of amides is 1. The van der Waals surface area contributed by atoms with Gasteiger partial charge in [0, 0.05) is 24.3 Å². The summed E-state index contributed by atoms with van der Waals surface area (Å²) in [7, 11) is 0. The number of hydrogen-bond donors (Lipinski definition) is 1. The van der Waals surface area contributed by atoms with Gasteiger partial charge in [-0.3, -0.25) is 4.79 Å². The zero-order valence-electron chi connectivity index (χ0n) is 11.9. The summed E-state index contributed by atoms with van der Waals surface area (Å²) in [5.74, 6) is 1.15. The van der Waals surface area contributed by atoms with Crippen molar-refractivity contribution in [3.05, 3.63) is 51.7 Å². The second-order valence-corrected chi connectivity index (χ2v) is 6.25. The Morgan fingerprint density at radius 1 is 1.29 bits per heavy atom. The van der Waals surface area contributed by atoms with Crippen LogP contribution in [0.2, 0.25) is 0 Å². The lowest BCUT2D eigenvalue weighted by atomic mass is 10.1. The van der Waals surface area contributed by atoms with Crippen molar-refractivity contribution in [3.8, 4) is 5.75 Å². The van der Waals surface area contributed by atoms with E-state index in [4.69, 9.17) is 4.74 Å². The number of hydrogen-bond acceptors (Lipinski definition) is 3. The molecule has 0 spiro atoms. The quantitative estimate of drug-likeness (QED) is 0.891. The summed E-state index contributed by atoms with van der Waals surface area (Å²) >= 11 is 1.71. The van der Waals surface area contributed by atoms with E-state index in [0.717, 1.165) is 31.6 Å². The maximum absolute atomic E-state index is 11.8. The van der Waals surface area contributed by atoms with E-state index in [1.807, 2.05) is 17.5 Å². The fourth-order valence-electron chi connectivity index (χ4n) is 2.52. The van der Waals surface area contributed by atoms with E-state index in [-0.39, 0.29) is 5.91 Å². The second-order valence-electron chi connectivity index (χ2n) is 5.22. The number of nitrogens with one attached hydrogen (secondary N) is 1. The number of carbonyl (C=O) groups is 1. The van der Waals surface area contributed by atoms with Gasteiger partial charge in [0.2, 0.25) is 5.91 Å². The molecule has 2 aromatic rings. The van der Waals surface area contributed by atoms with Gasteiger partial charge in [-0.1, -0.05) is 18.2 Å². The van der Waals surface area contributed by atoms with Crippen LogP contribution in [0.15, 0.2) is 35.7 Å². The molecule has 1 aliphatic rings. The minimum Gasteiger partial charge on any atom is -0.493 e. The Kier molecular flexibility index (Phi) is 4.55. The van der Waals surface area contributed by atoms with Crippen molar-refractivity contribution in [1.82, 2.24) is 5.32 Å². The third-order valence-electron chi connectivity index (χ3n) is 3.67. The highest BCUT2D eigenvalue weighted by molar-refractivity contribution is 7.09. The Bertz CT molecular complexity index is 607. The van der Waals surface area contributed by atoms with E-state index in [1.165, 1.54) is 16.0 Å². The molecule has 1 amide bonds. The molecule has 21 heavy (non-hydrogen) atoms. The molecular weight excluding hydrogens is 282 g/mol. The van der Waals surface area contributed by atoms with Gasteiger partial charge in [-0.2, -0.15) is 0 Å². The van der Waals surface area contributed by atoms with Crippen LogP contribution in [-0.4, -0.2) is 19.1 Å². The molecule has 1 aliphatic heterocycles. The van der Waals surface area contributed by atoms with Crippen molar-refractivity contribution in [3.63, 3.8) is 0 Å². The van der Waals surface area contributed by atoms with Crippen LogP contribution in [0, 0.1) is 0 Å². The van der Waals surface area contributed by atoms with Gasteiger partial charge in [0.1, 0.15) is 5.75 Å². The topological polar surface area (TPSA) is 38.3 Å². The lowest BCUT2D eigenvalue weighted by Gasteiger charge is -2.06. The molecular formula is C17H19NO2S. The van der Waals surface area contributed by atoms with Crippen LogP contribution < -0.4 is 10.1 Å². The highest BCUT2D eigenvalue weighted by Gasteiger charge is 2.11. The minimum atomic E-state index is 0.132. The van der Waals surface area contributed by atoms with Gasteiger partial charge in [-0.15, -0.1) is 11.3 Å². The third kappa shape index (κ3) is 3.85. The largest absolute Gasteiger partial charge is 0.493 e. The monoisotopic (exact) mass is 301 g/mol. The van der Waals surface area contributed by atoms with E-state index in [0.29, 0.717) is 13.0 Å². The number of fused-ring (bicyclic) bond motifs is 1. The van der Waals surface area contributed by atoms with Crippen LogP contribution in [0.3, 0.4) is 0 Å². The summed E-state index contributed by atoms with van der Waals surface area (Å²) in [6, 6.07) is 10.4. The number of aryl methyl sites for hydroxylation is 1. The van der Waals surface area contributed by atoms with Crippen LogP contribution >= 0.6 is 11.3 Å². The van der Waals surface area contributed by atoms with Gasteiger partial charge in [0.15, 0.2) is 0 Å². The summed E-state index contributed by atoms with van der Waals surface area (Å²) in [4.78, 5) is 13.1. The maximum Gasteiger partial charge on any atom is 0.220 e. The van der Waals surface area contributed by atoms with Gasteiger partial charge < -0.3 is 10.1 Å². The molecule has 0 unspecified atom stereocenters. The summed E-state index contributed by atoms with van der Waals surface area (Å²) in [6.45, 7) is 1.49. The number of ether oxygens (including phenoxy) is 1. The molecule has 0 saturated heterocycles. The first-order valence-electron chi connectivity index (χ1n) is 7.35. The SMILES string of the molecule is O=C(CCc1cccs1)NCCc1ccc2c(c1)CCO2. The normalized spacial score (nSPS) is 12.8. The lowest BCUT2D eigenvalue weighted by Crippen LogP contribution is -2.25. The molecule has 0 saturated carbocycles.